The second-order valence-corrected chi connectivity index (χ2v) is 9.22. The highest BCUT2D eigenvalue weighted by atomic mass is 31.2. The first-order valence-corrected chi connectivity index (χ1v) is 10.1. The third kappa shape index (κ3) is 5.82. The Bertz CT molecular complexity index is 800. The number of nitro groups is 2. The van der Waals surface area contributed by atoms with Crippen LogP contribution >= 0.6 is 7.60 Å². The van der Waals surface area contributed by atoms with E-state index in [1.54, 1.807) is 34.6 Å². The van der Waals surface area contributed by atoms with Crippen LogP contribution < -0.4 is 5.43 Å². The van der Waals surface area contributed by atoms with Crippen LogP contribution in [0.5, 0.6) is 0 Å². The van der Waals surface area contributed by atoms with Gasteiger partial charge in [-0.05, 0) is 40.7 Å². The summed E-state index contributed by atoms with van der Waals surface area (Å²) in [5.74, 6) is 0. The third-order valence-electron chi connectivity index (χ3n) is 3.78. The molecule has 1 N–H and O–H groups in total. The molecule has 0 saturated heterocycles. The van der Waals surface area contributed by atoms with E-state index in [1.807, 2.05) is 0 Å². The van der Waals surface area contributed by atoms with Crippen molar-refractivity contribution >= 4 is 30.4 Å². The summed E-state index contributed by atoms with van der Waals surface area (Å²) in [6.45, 7) is 9.01. The van der Waals surface area contributed by atoms with Gasteiger partial charge in [-0.15, -0.1) is 0 Å². The molecule has 1 rings (SSSR count). The lowest BCUT2D eigenvalue weighted by Crippen LogP contribution is -2.26. The molecule has 1 aromatic rings. The number of hydrazone groups is 1. The fourth-order valence-corrected chi connectivity index (χ4v) is 4.40. The van der Waals surface area contributed by atoms with Gasteiger partial charge in [0.15, 0.2) is 0 Å². The van der Waals surface area contributed by atoms with Gasteiger partial charge in [-0.1, -0.05) is 0 Å². The van der Waals surface area contributed by atoms with Gasteiger partial charge in [0.2, 0.25) is 0 Å². The minimum atomic E-state index is -3.41. The number of benzene rings is 1. The molecular formula is C16H25N4O7P. The summed E-state index contributed by atoms with van der Waals surface area (Å²) < 4.78 is 23.8. The smallest absolute Gasteiger partial charge is 0.308 e. The first-order valence-electron chi connectivity index (χ1n) is 8.58. The standard InChI is InChI=1S/C16H25N4O7P/c1-6-26-28(25,27-7-2)16(4,5)11-12(3)17-18-14-9-8-13(19(21)22)10-15(14)20(23)24/h8-10,18H,6-7,11H2,1-5H3. The number of rotatable bonds is 11. The molecule has 0 aliphatic heterocycles. The topological polar surface area (TPSA) is 146 Å². The van der Waals surface area contributed by atoms with Gasteiger partial charge in [-0.3, -0.25) is 30.2 Å². The van der Waals surface area contributed by atoms with Gasteiger partial charge in [-0.25, -0.2) is 0 Å². The minimum absolute atomic E-state index is 0.00514. The van der Waals surface area contributed by atoms with E-state index in [0.717, 1.165) is 12.1 Å². The molecule has 11 nitrogen and oxygen atoms in total. The van der Waals surface area contributed by atoms with Gasteiger partial charge in [-0.2, -0.15) is 5.10 Å². The van der Waals surface area contributed by atoms with Crippen molar-refractivity contribution < 1.29 is 23.5 Å². The van der Waals surface area contributed by atoms with Gasteiger partial charge >= 0.3 is 13.3 Å². The maximum Gasteiger partial charge on any atom is 0.336 e. The van der Waals surface area contributed by atoms with E-state index in [2.05, 4.69) is 10.5 Å². The average Bonchev–Trinajstić information content (AvgIpc) is 2.59. The van der Waals surface area contributed by atoms with E-state index in [0.29, 0.717) is 5.71 Å². The first kappa shape index (κ1) is 23.7. The molecule has 0 radical (unpaired) electrons. The highest BCUT2D eigenvalue weighted by molar-refractivity contribution is 7.55. The Hall–Kier alpha value is -2.36. The van der Waals surface area contributed by atoms with E-state index >= 15 is 0 Å². The summed E-state index contributed by atoms with van der Waals surface area (Å²) in [6.07, 6.45) is 0.234. The number of non-ortho nitro benzene ring substituents is 1. The van der Waals surface area contributed by atoms with Crippen molar-refractivity contribution in [3.63, 3.8) is 0 Å². The van der Waals surface area contributed by atoms with Crippen LogP contribution in [0.15, 0.2) is 23.3 Å². The quantitative estimate of drug-likeness (QED) is 0.236. The SMILES string of the molecule is CCOP(=O)(OCC)C(C)(C)CC(C)=NNc1ccc([N+](=O)[O-])cc1[N+](=O)[O-]. The van der Waals surface area contributed by atoms with E-state index in [9.17, 15) is 24.8 Å². The van der Waals surface area contributed by atoms with Gasteiger partial charge in [0.05, 0.1) is 34.3 Å². The van der Waals surface area contributed by atoms with Crippen molar-refractivity contribution in [2.24, 2.45) is 5.10 Å². The molecular weight excluding hydrogens is 391 g/mol. The lowest BCUT2D eigenvalue weighted by molar-refractivity contribution is -0.393. The van der Waals surface area contributed by atoms with Crippen LogP contribution in [0.4, 0.5) is 17.1 Å². The lowest BCUT2D eigenvalue weighted by Gasteiger charge is -2.32. The molecule has 0 unspecified atom stereocenters. The Kier molecular flexibility index (Phi) is 8.22. The number of hydrogen-bond acceptors (Lipinski definition) is 9. The monoisotopic (exact) mass is 416 g/mol. The summed E-state index contributed by atoms with van der Waals surface area (Å²) in [5.41, 5.74) is 2.19. The van der Waals surface area contributed by atoms with E-state index < -0.39 is 34.0 Å². The Morgan fingerprint density at radius 2 is 1.75 bits per heavy atom. The number of anilines is 1. The van der Waals surface area contributed by atoms with Crippen LogP contribution in [0, 0.1) is 20.2 Å². The molecule has 0 saturated carbocycles. The first-order chi connectivity index (χ1) is 13.0. The molecule has 156 valence electrons. The van der Waals surface area contributed by atoms with Crippen LogP contribution in [-0.2, 0) is 13.6 Å². The summed E-state index contributed by atoms with van der Waals surface area (Å²) in [5, 5.41) is 25.2. The van der Waals surface area contributed by atoms with Crippen LogP contribution in [0.2, 0.25) is 0 Å². The van der Waals surface area contributed by atoms with Crippen molar-refractivity contribution in [1.29, 1.82) is 0 Å². The molecule has 12 heteroatoms. The fourth-order valence-electron chi connectivity index (χ4n) is 2.52. The number of nitro benzene ring substituents is 2. The molecule has 0 spiro atoms. The molecule has 0 aliphatic rings. The van der Waals surface area contributed by atoms with Crippen molar-refractivity contribution in [2.75, 3.05) is 18.6 Å². The molecule has 28 heavy (non-hydrogen) atoms. The molecule has 0 bridgehead atoms. The van der Waals surface area contributed by atoms with Crippen molar-refractivity contribution in [3.8, 4) is 0 Å². The zero-order valence-electron chi connectivity index (χ0n) is 16.5. The van der Waals surface area contributed by atoms with Crippen molar-refractivity contribution in [1.82, 2.24) is 0 Å². The molecule has 0 aromatic heterocycles. The average molecular weight is 416 g/mol. The fraction of sp³-hybridized carbons (Fsp3) is 0.562. The molecule has 0 fully saturated rings. The maximum absolute atomic E-state index is 13.0. The van der Waals surface area contributed by atoms with Gasteiger partial charge in [0, 0.05) is 18.2 Å². The second-order valence-electron chi connectivity index (χ2n) is 6.50. The van der Waals surface area contributed by atoms with E-state index in [-0.39, 0.29) is 25.3 Å². The Labute approximate surface area is 162 Å². The summed E-state index contributed by atoms with van der Waals surface area (Å²) in [4.78, 5) is 20.5. The predicted octanol–water partition coefficient (Wildman–Crippen LogP) is 4.73. The van der Waals surface area contributed by atoms with Gasteiger partial charge < -0.3 is 9.05 Å². The summed E-state index contributed by atoms with van der Waals surface area (Å²) in [7, 11) is -3.41. The molecule has 1 aromatic carbocycles. The summed E-state index contributed by atoms with van der Waals surface area (Å²) >= 11 is 0. The van der Waals surface area contributed by atoms with Crippen molar-refractivity contribution in [2.45, 2.75) is 46.2 Å². The van der Waals surface area contributed by atoms with Crippen LogP contribution in [0.1, 0.15) is 41.0 Å². The second kappa shape index (κ2) is 9.72. The number of nitrogens with zero attached hydrogens (tertiary/aromatic N) is 3. The Morgan fingerprint density at radius 3 is 2.21 bits per heavy atom. The molecule has 0 aliphatic carbocycles. The zero-order valence-corrected chi connectivity index (χ0v) is 17.4. The maximum atomic E-state index is 13.0. The zero-order chi connectivity index (χ0) is 21.5. The van der Waals surface area contributed by atoms with Gasteiger partial charge in [0.25, 0.3) is 5.69 Å². The largest absolute Gasteiger partial charge is 0.336 e. The molecule has 0 heterocycles. The summed E-state index contributed by atoms with van der Waals surface area (Å²) in [6, 6.07) is 3.21. The number of hydrogen-bond donors (Lipinski definition) is 1. The molecule has 0 amide bonds. The highest BCUT2D eigenvalue weighted by Crippen LogP contribution is 2.61. The normalized spacial score (nSPS) is 12.7. The lowest BCUT2D eigenvalue weighted by atomic mass is 10.1. The minimum Gasteiger partial charge on any atom is -0.308 e. The van der Waals surface area contributed by atoms with E-state index in [4.69, 9.17) is 9.05 Å². The van der Waals surface area contributed by atoms with Gasteiger partial charge in [0.1, 0.15) is 5.69 Å². The Morgan fingerprint density at radius 1 is 1.18 bits per heavy atom. The third-order valence-corrected chi connectivity index (χ3v) is 6.62. The van der Waals surface area contributed by atoms with Crippen LogP contribution in [-0.4, -0.2) is 33.9 Å². The Balaban J connectivity index is 3.05. The van der Waals surface area contributed by atoms with Crippen LogP contribution in [0.25, 0.3) is 0 Å². The highest BCUT2D eigenvalue weighted by Gasteiger charge is 2.43. The van der Waals surface area contributed by atoms with Crippen molar-refractivity contribution in [3.05, 3.63) is 38.4 Å². The van der Waals surface area contributed by atoms with Crippen LogP contribution in [0.3, 0.4) is 0 Å². The van der Waals surface area contributed by atoms with E-state index in [1.165, 1.54) is 6.07 Å². The molecule has 0 atom stereocenters. The number of nitrogens with one attached hydrogen (secondary N) is 1. The predicted molar refractivity (Wildman–Crippen MR) is 106 cm³/mol.